The molecule has 0 bridgehead atoms. The Hall–Kier alpha value is -2.96. The van der Waals surface area contributed by atoms with E-state index in [1.807, 2.05) is 18.3 Å². The SMILES string of the molecule is CCc1cccc2c(C=NNc3nnc(C)c(=O)[nH]3)c[nH]c12. The summed E-state index contributed by atoms with van der Waals surface area (Å²) in [5.41, 5.74) is 6.05. The summed E-state index contributed by atoms with van der Waals surface area (Å²) in [7, 11) is 0. The van der Waals surface area contributed by atoms with Gasteiger partial charge in [0, 0.05) is 22.7 Å². The Morgan fingerprint density at radius 3 is 3.00 bits per heavy atom. The van der Waals surface area contributed by atoms with Crippen LogP contribution in [0.15, 0.2) is 34.3 Å². The van der Waals surface area contributed by atoms with Gasteiger partial charge in [0.15, 0.2) is 0 Å². The number of hydrazone groups is 1. The molecule has 1 aromatic carbocycles. The number of anilines is 1. The van der Waals surface area contributed by atoms with Crippen LogP contribution >= 0.6 is 0 Å². The molecule has 0 saturated heterocycles. The summed E-state index contributed by atoms with van der Waals surface area (Å²) in [6.45, 7) is 3.72. The minimum Gasteiger partial charge on any atom is -0.360 e. The number of aromatic nitrogens is 4. The van der Waals surface area contributed by atoms with Crippen molar-refractivity contribution in [1.82, 2.24) is 20.2 Å². The van der Waals surface area contributed by atoms with Gasteiger partial charge >= 0.3 is 0 Å². The number of aryl methyl sites for hydroxylation is 2. The van der Waals surface area contributed by atoms with E-state index >= 15 is 0 Å². The van der Waals surface area contributed by atoms with Crippen molar-refractivity contribution in [2.45, 2.75) is 20.3 Å². The van der Waals surface area contributed by atoms with Gasteiger partial charge in [-0.25, -0.2) is 5.43 Å². The molecule has 0 amide bonds. The van der Waals surface area contributed by atoms with Crippen molar-refractivity contribution in [2.24, 2.45) is 5.10 Å². The number of nitrogens with zero attached hydrogens (tertiary/aromatic N) is 3. The van der Waals surface area contributed by atoms with Crippen molar-refractivity contribution in [3.8, 4) is 0 Å². The van der Waals surface area contributed by atoms with Gasteiger partial charge in [-0.15, -0.1) is 10.2 Å². The normalized spacial score (nSPS) is 11.4. The minimum absolute atomic E-state index is 0.209. The monoisotopic (exact) mass is 296 g/mol. The Kier molecular flexibility index (Phi) is 3.69. The Morgan fingerprint density at radius 1 is 1.36 bits per heavy atom. The highest BCUT2D eigenvalue weighted by Crippen LogP contribution is 2.20. The molecule has 2 aromatic heterocycles. The second kappa shape index (κ2) is 5.80. The van der Waals surface area contributed by atoms with Crippen LogP contribution in [0.4, 0.5) is 5.95 Å². The van der Waals surface area contributed by atoms with E-state index in [-0.39, 0.29) is 11.5 Å². The Balaban J connectivity index is 1.84. The Morgan fingerprint density at radius 2 is 2.23 bits per heavy atom. The van der Waals surface area contributed by atoms with E-state index in [0.29, 0.717) is 5.69 Å². The first-order valence-electron chi connectivity index (χ1n) is 7.00. The van der Waals surface area contributed by atoms with Crippen LogP contribution < -0.4 is 11.0 Å². The third-order valence-electron chi connectivity index (χ3n) is 3.45. The summed E-state index contributed by atoms with van der Waals surface area (Å²) in [6.07, 6.45) is 4.55. The van der Waals surface area contributed by atoms with Crippen LogP contribution in [0, 0.1) is 6.92 Å². The molecule has 0 aliphatic rings. The molecule has 2 heterocycles. The van der Waals surface area contributed by atoms with E-state index in [1.54, 1.807) is 13.1 Å². The fraction of sp³-hybridized carbons (Fsp3) is 0.200. The molecule has 0 radical (unpaired) electrons. The molecule has 0 atom stereocenters. The molecule has 3 aromatic rings. The summed E-state index contributed by atoms with van der Waals surface area (Å²) in [5.74, 6) is 0.209. The number of rotatable bonds is 4. The third kappa shape index (κ3) is 2.60. The standard InChI is InChI=1S/C15H16N6O/c1-3-10-5-4-6-12-11(7-16-13(10)12)8-17-20-15-18-14(22)9(2)19-21-15/h4-8,16H,3H2,1-2H3,(H2,18,20,21,22). The Bertz CT molecular complexity index is 892. The van der Waals surface area contributed by atoms with Crippen LogP contribution in [0.1, 0.15) is 23.7 Å². The fourth-order valence-corrected chi connectivity index (χ4v) is 2.25. The summed E-state index contributed by atoms with van der Waals surface area (Å²) >= 11 is 0. The lowest BCUT2D eigenvalue weighted by Crippen LogP contribution is -2.15. The van der Waals surface area contributed by atoms with Gasteiger partial charge in [0.25, 0.3) is 5.56 Å². The predicted molar refractivity (Wildman–Crippen MR) is 86.3 cm³/mol. The number of hydrogen-bond acceptors (Lipinski definition) is 5. The molecule has 3 N–H and O–H groups in total. The molecule has 7 heteroatoms. The van der Waals surface area contributed by atoms with Gasteiger partial charge in [-0.05, 0) is 18.9 Å². The van der Waals surface area contributed by atoms with E-state index in [4.69, 9.17) is 0 Å². The predicted octanol–water partition coefficient (Wildman–Crippen LogP) is 1.96. The molecule has 7 nitrogen and oxygen atoms in total. The summed E-state index contributed by atoms with van der Waals surface area (Å²) in [4.78, 5) is 17.2. The quantitative estimate of drug-likeness (QED) is 0.506. The number of hydrogen-bond donors (Lipinski definition) is 3. The maximum Gasteiger partial charge on any atom is 0.274 e. The number of para-hydroxylation sites is 1. The molecule has 0 aliphatic carbocycles. The van der Waals surface area contributed by atoms with Gasteiger partial charge in [-0.1, -0.05) is 25.1 Å². The van der Waals surface area contributed by atoms with Gasteiger partial charge < -0.3 is 4.98 Å². The van der Waals surface area contributed by atoms with Crippen molar-refractivity contribution in [3.05, 3.63) is 51.6 Å². The van der Waals surface area contributed by atoms with Gasteiger partial charge in [0.2, 0.25) is 5.95 Å². The van der Waals surface area contributed by atoms with E-state index in [1.165, 1.54) is 5.56 Å². The zero-order valence-corrected chi connectivity index (χ0v) is 12.3. The first kappa shape index (κ1) is 14.0. The maximum absolute atomic E-state index is 11.4. The topological polar surface area (TPSA) is 98.8 Å². The van der Waals surface area contributed by atoms with Crippen LogP contribution in [0.3, 0.4) is 0 Å². The Labute approximate surface area is 126 Å². The van der Waals surface area contributed by atoms with E-state index in [2.05, 4.69) is 43.7 Å². The van der Waals surface area contributed by atoms with Crippen LogP contribution in [-0.4, -0.2) is 26.4 Å². The van der Waals surface area contributed by atoms with E-state index in [9.17, 15) is 4.79 Å². The summed E-state index contributed by atoms with van der Waals surface area (Å²) in [5, 5.41) is 12.7. The molecule has 22 heavy (non-hydrogen) atoms. The van der Waals surface area contributed by atoms with Crippen molar-refractivity contribution in [2.75, 3.05) is 5.43 Å². The molecule has 0 fully saturated rings. The summed E-state index contributed by atoms with van der Waals surface area (Å²) in [6, 6.07) is 6.17. The van der Waals surface area contributed by atoms with Crippen molar-refractivity contribution < 1.29 is 0 Å². The second-order valence-electron chi connectivity index (χ2n) is 4.90. The smallest absolute Gasteiger partial charge is 0.274 e. The van der Waals surface area contributed by atoms with Crippen molar-refractivity contribution >= 4 is 23.1 Å². The number of nitrogens with one attached hydrogen (secondary N) is 3. The largest absolute Gasteiger partial charge is 0.360 e. The van der Waals surface area contributed by atoms with E-state index < -0.39 is 0 Å². The van der Waals surface area contributed by atoms with Crippen LogP contribution in [0.5, 0.6) is 0 Å². The molecule has 3 rings (SSSR count). The molecular formula is C15H16N6O. The minimum atomic E-state index is -0.285. The fourth-order valence-electron chi connectivity index (χ4n) is 2.25. The van der Waals surface area contributed by atoms with Gasteiger partial charge in [-0.2, -0.15) is 5.10 Å². The van der Waals surface area contributed by atoms with Crippen LogP contribution in [0.2, 0.25) is 0 Å². The highest BCUT2D eigenvalue weighted by Gasteiger charge is 2.04. The molecule has 0 spiro atoms. The molecule has 112 valence electrons. The average molecular weight is 296 g/mol. The number of fused-ring (bicyclic) bond motifs is 1. The number of H-pyrrole nitrogens is 2. The lowest BCUT2D eigenvalue weighted by atomic mass is 10.1. The third-order valence-corrected chi connectivity index (χ3v) is 3.45. The molecular weight excluding hydrogens is 280 g/mol. The lowest BCUT2D eigenvalue weighted by Gasteiger charge is -1.99. The highest BCUT2D eigenvalue weighted by atomic mass is 16.1. The zero-order chi connectivity index (χ0) is 15.5. The van der Waals surface area contributed by atoms with Crippen LogP contribution in [0.25, 0.3) is 10.9 Å². The van der Waals surface area contributed by atoms with E-state index in [0.717, 1.165) is 22.9 Å². The summed E-state index contributed by atoms with van der Waals surface area (Å²) < 4.78 is 0. The lowest BCUT2D eigenvalue weighted by molar-refractivity contribution is 0.897. The average Bonchev–Trinajstić information content (AvgIpc) is 2.94. The molecule has 0 saturated carbocycles. The number of benzene rings is 1. The molecule has 0 unspecified atom stereocenters. The first-order valence-corrected chi connectivity index (χ1v) is 7.00. The highest BCUT2D eigenvalue weighted by molar-refractivity contribution is 6.00. The van der Waals surface area contributed by atoms with Gasteiger partial charge in [-0.3, -0.25) is 9.78 Å². The van der Waals surface area contributed by atoms with Crippen LogP contribution in [-0.2, 0) is 6.42 Å². The number of aromatic amines is 2. The second-order valence-corrected chi connectivity index (χ2v) is 4.90. The zero-order valence-electron chi connectivity index (χ0n) is 12.3. The molecule has 0 aliphatic heterocycles. The van der Waals surface area contributed by atoms with Crippen molar-refractivity contribution in [3.63, 3.8) is 0 Å². The van der Waals surface area contributed by atoms with Crippen molar-refractivity contribution in [1.29, 1.82) is 0 Å². The maximum atomic E-state index is 11.4. The van der Waals surface area contributed by atoms with Gasteiger partial charge in [0.1, 0.15) is 5.69 Å². The van der Waals surface area contributed by atoms with Gasteiger partial charge in [0.05, 0.1) is 6.21 Å². The first-order chi connectivity index (χ1) is 10.7.